The standard InChI is InChI=1S/C62H121NO5/c1-3-5-7-9-11-13-14-32-36-40-44-48-52-56-62(67)68-57-53-49-45-41-37-34-31-29-27-25-23-21-19-17-15-16-18-20-22-24-26-28-30-33-35-39-43-47-51-55-61(66)63-59(58-64)60(65)54-50-46-42-38-12-10-8-6-4-2/h13-14,59-60,64-65H,3-12,15-58H2,1-2H3,(H,63,66)/b14-13-. The van der Waals surface area contributed by atoms with Gasteiger partial charge in [0.25, 0.3) is 0 Å². The van der Waals surface area contributed by atoms with E-state index >= 15 is 0 Å². The zero-order chi connectivity index (χ0) is 49.3. The van der Waals surface area contributed by atoms with Gasteiger partial charge in [-0.05, 0) is 51.4 Å². The van der Waals surface area contributed by atoms with Gasteiger partial charge in [0.1, 0.15) is 0 Å². The highest BCUT2D eigenvalue weighted by Crippen LogP contribution is 2.18. The summed E-state index contributed by atoms with van der Waals surface area (Å²) < 4.78 is 5.48. The van der Waals surface area contributed by atoms with Crippen LogP contribution in [0.25, 0.3) is 0 Å². The molecular weight excluding hydrogens is 839 g/mol. The minimum atomic E-state index is -0.658. The molecule has 2 unspecified atom stereocenters. The van der Waals surface area contributed by atoms with Gasteiger partial charge < -0.3 is 20.3 Å². The summed E-state index contributed by atoms with van der Waals surface area (Å²) in [5.41, 5.74) is 0. The van der Waals surface area contributed by atoms with E-state index in [4.69, 9.17) is 4.74 Å². The molecule has 0 bridgehead atoms. The van der Waals surface area contributed by atoms with Crippen LogP contribution >= 0.6 is 0 Å². The van der Waals surface area contributed by atoms with E-state index in [2.05, 4.69) is 31.3 Å². The number of hydrogen-bond acceptors (Lipinski definition) is 5. The van der Waals surface area contributed by atoms with Crippen molar-refractivity contribution >= 4 is 11.9 Å². The molecule has 2 atom stereocenters. The van der Waals surface area contributed by atoms with Gasteiger partial charge in [-0.25, -0.2) is 0 Å². The molecule has 3 N–H and O–H groups in total. The highest BCUT2D eigenvalue weighted by atomic mass is 16.5. The van der Waals surface area contributed by atoms with Crippen LogP contribution < -0.4 is 5.32 Å². The van der Waals surface area contributed by atoms with E-state index in [1.165, 1.54) is 270 Å². The van der Waals surface area contributed by atoms with Crippen LogP contribution in [0.15, 0.2) is 12.2 Å². The summed E-state index contributed by atoms with van der Waals surface area (Å²) in [6.07, 6.45) is 69.6. The molecule has 0 aliphatic rings. The fourth-order valence-electron chi connectivity index (χ4n) is 9.81. The zero-order valence-electron chi connectivity index (χ0n) is 46.1. The van der Waals surface area contributed by atoms with E-state index < -0.39 is 12.1 Å². The molecule has 1 amide bonds. The third-order valence-electron chi connectivity index (χ3n) is 14.6. The van der Waals surface area contributed by atoms with Gasteiger partial charge in [-0.1, -0.05) is 296 Å². The van der Waals surface area contributed by atoms with Gasteiger partial charge >= 0.3 is 5.97 Å². The second kappa shape index (κ2) is 58.2. The average molecular weight is 961 g/mol. The van der Waals surface area contributed by atoms with Gasteiger partial charge in [-0.2, -0.15) is 0 Å². The van der Waals surface area contributed by atoms with E-state index in [1.807, 2.05) is 0 Å². The predicted octanol–water partition coefficient (Wildman–Crippen LogP) is 19.2. The highest BCUT2D eigenvalue weighted by molar-refractivity contribution is 5.76. The molecule has 0 aromatic heterocycles. The average Bonchev–Trinajstić information content (AvgIpc) is 3.34. The van der Waals surface area contributed by atoms with E-state index in [1.54, 1.807) is 0 Å². The fourth-order valence-corrected chi connectivity index (χ4v) is 9.81. The van der Waals surface area contributed by atoms with Crippen molar-refractivity contribution in [2.45, 2.75) is 360 Å². The summed E-state index contributed by atoms with van der Waals surface area (Å²) in [7, 11) is 0. The third-order valence-corrected chi connectivity index (χ3v) is 14.6. The minimum Gasteiger partial charge on any atom is -0.466 e. The third kappa shape index (κ3) is 53.9. The number of nitrogens with one attached hydrogen (secondary N) is 1. The minimum absolute atomic E-state index is 0.0105. The molecule has 0 spiro atoms. The van der Waals surface area contributed by atoms with Crippen LogP contribution in [0.3, 0.4) is 0 Å². The molecule has 404 valence electrons. The number of rotatable bonds is 58. The Morgan fingerprint density at radius 2 is 0.691 bits per heavy atom. The number of aliphatic hydroxyl groups excluding tert-OH is 2. The Kier molecular flexibility index (Phi) is 57.0. The van der Waals surface area contributed by atoms with E-state index in [0.29, 0.717) is 25.9 Å². The Bertz CT molecular complexity index is 1020. The van der Waals surface area contributed by atoms with Crippen molar-refractivity contribution in [1.82, 2.24) is 5.32 Å². The number of aliphatic hydroxyl groups is 2. The van der Waals surface area contributed by atoms with Crippen LogP contribution in [0.4, 0.5) is 0 Å². The monoisotopic (exact) mass is 960 g/mol. The number of esters is 1. The van der Waals surface area contributed by atoms with Crippen LogP contribution in [0.2, 0.25) is 0 Å². The maximum absolute atomic E-state index is 12.4. The first-order valence-electron chi connectivity index (χ1n) is 30.9. The molecule has 0 rings (SSSR count). The van der Waals surface area contributed by atoms with Gasteiger partial charge in [-0.15, -0.1) is 0 Å². The number of unbranched alkanes of at least 4 members (excludes halogenated alkanes) is 45. The fraction of sp³-hybridized carbons (Fsp3) is 0.935. The van der Waals surface area contributed by atoms with Crippen molar-refractivity contribution in [3.05, 3.63) is 12.2 Å². The first-order valence-corrected chi connectivity index (χ1v) is 30.9. The number of hydrogen-bond donors (Lipinski definition) is 3. The summed E-state index contributed by atoms with van der Waals surface area (Å²) in [5, 5.41) is 23.1. The molecule has 6 nitrogen and oxygen atoms in total. The first-order chi connectivity index (χ1) is 33.5. The Hall–Kier alpha value is -1.40. The van der Waals surface area contributed by atoms with Crippen molar-refractivity contribution < 1.29 is 24.5 Å². The van der Waals surface area contributed by atoms with Crippen LogP contribution in [0.1, 0.15) is 348 Å². The van der Waals surface area contributed by atoms with E-state index in [-0.39, 0.29) is 18.5 Å². The summed E-state index contributed by atoms with van der Waals surface area (Å²) in [4.78, 5) is 24.4. The molecular formula is C62H121NO5. The van der Waals surface area contributed by atoms with E-state index in [9.17, 15) is 19.8 Å². The Morgan fingerprint density at radius 1 is 0.397 bits per heavy atom. The maximum atomic E-state index is 12.4. The van der Waals surface area contributed by atoms with E-state index in [0.717, 1.165) is 44.9 Å². The Morgan fingerprint density at radius 3 is 1.06 bits per heavy atom. The summed E-state index contributed by atoms with van der Waals surface area (Å²) >= 11 is 0. The SMILES string of the molecule is CCCCCC/C=C\CCCCCCCC(=O)OCCCCCCCCCCCCCCCCCCCCCCCCCCCCCCCC(=O)NC(CO)C(O)CCCCCCCCCCC. The van der Waals surface area contributed by atoms with Crippen molar-refractivity contribution in [3.63, 3.8) is 0 Å². The molecule has 0 radical (unpaired) electrons. The molecule has 0 aliphatic carbocycles. The van der Waals surface area contributed by atoms with Gasteiger partial charge in [0.2, 0.25) is 5.91 Å². The molecule has 0 heterocycles. The lowest BCUT2D eigenvalue weighted by Gasteiger charge is -2.22. The van der Waals surface area contributed by atoms with Gasteiger partial charge in [0.15, 0.2) is 0 Å². The second-order valence-electron chi connectivity index (χ2n) is 21.4. The number of carbonyl (C=O) groups excluding carboxylic acids is 2. The lowest BCUT2D eigenvalue weighted by atomic mass is 10.0. The first kappa shape index (κ1) is 66.6. The van der Waals surface area contributed by atoms with Crippen LogP contribution in [0, 0.1) is 0 Å². The van der Waals surface area contributed by atoms with Crippen LogP contribution in [-0.2, 0) is 14.3 Å². The molecule has 68 heavy (non-hydrogen) atoms. The molecule has 0 saturated carbocycles. The summed E-state index contributed by atoms with van der Waals surface area (Å²) in [5.74, 6) is -0.0219. The summed E-state index contributed by atoms with van der Waals surface area (Å²) in [6, 6.07) is -0.535. The molecule has 0 aromatic carbocycles. The number of ether oxygens (including phenoxy) is 1. The summed E-state index contributed by atoms with van der Waals surface area (Å²) in [6.45, 7) is 4.93. The van der Waals surface area contributed by atoms with Crippen LogP contribution in [-0.4, -0.2) is 47.4 Å². The van der Waals surface area contributed by atoms with Crippen LogP contribution in [0.5, 0.6) is 0 Å². The smallest absolute Gasteiger partial charge is 0.305 e. The normalized spacial score (nSPS) is 12.6. The number of carbonyl (C=O) groups is 2. The Labute approximate surface area is 425 Å². The van der Waals surface area contributed by atoms with Gasteiger partial charge in [-0.3, -0.25) is 9.59 Å². The Balaban J connectivity index is 3.30. The second-order valence-corrected chi connectivity index (χ2v) is 21.4. The zero-order valence-corrected chi connectivity index (χ0v) is 46.1. The number of amides is 1. The van der Waals surface area contributed by atoms with Crippen molar-refractivity contribution in [2.75, 3.05) is 13.2 Å². The highest BCUT2D eigenvalue weighted by Gasteiger charge is 2.20. The quantitative estimate of drug-likeness (QED) is 0.0321. The number of allylic oxidation sites excluding steroid dienone is 2. The lowest BCUT2D eigenvalue weighted by molar-refractivity contribution is -0.143. The molecule has 0 aliphatic heterocycles. The topological polar surface area (TPSA) is 95.9 Å². The predicted molar refractivity (Wildman–Crippen MR) is 297 cm³/mol. The largest absolute Gasteiger partial charge is 0.466 e. The van der Waals surface area contributed by atoms with Crippen molar-refractivity contribution in [3.8, 4) is 0 Å². The van der Waals surface area contributed by atoms with Crippen molar-refractivity contribution in [2.24, 2.45) is 0 Å². The van der Waals surface area contributed by atoms with Gasteiger partial charge in [0.05, 0.1) is 25.4 Å². The molecule has 6 heteroatoms. The molecule has 0 fully saturated rings. The lowest BCUT2D eigenvalue weighted by Crippen LogP contribution is -2.45. The van der Waals surface area contributed by atoms with Gasteiger partial charge in [0, 0.05) is 12.8 Å². The molecule has 0 saturated heterocycles. The molecule has 0 aromatic rings. The maximum Gasteiger partial charge on any atom is 0.305 e. The van der Waals surface area contributed by atoms with Crippen molar-refractivity contribution in [1.29, 1.82) is 0 Å².